The Kier molecular flexibility index (Phi) is 9.92. The number of rotatable bonds is 9. The Morgan fingerprint density at radius 2 is 1.97 bits per heavy atom. The molecule has 8 atom stereocenters. The Morgan fingerprint density at radius 3 is 2.61 bits per heavy atom. The molecule has 0 bridgehead atoms. The molecule has 0 saturated carbocycles. The summed E-state index contributed by atoms with van der Waals surface area (Å²) in [4.78, 5) is 23.9. The Bertz CT molecular complexity index is 862. The van der Waals surface area contributed by atoms with Crippen molar-refractivity contribution in [1.29, 1.82) is 0 Å². The fourth-order valence-electron chi connectivity index (χ4n) is 5.03. The smallest absolute Gasteiger partial charge is 0.308 e. The molecule has 0 aliphatic carbocycles. The number of carbonyl (C=O) groups is 2. The zero-order valence-corrected chi connectivity index (χ0v) is 22.5. The lowest BCUT2D eigenvalue weighted by Gasteiger charge is -2.39. The fourth-order valence-corrected chi connectivity index (χ4v) is 5.03. The average Bonchev–Trinajstić information content (AvgIpc) is 3.60. The molecule has 3 saturated heterocycles. The molecule has 202 valence electrons. The number of amides is 1. The van der Waals surface area contributed by atoms with Gasteiger partial charge in [0.15, 0.2) is 0 Å². The number of nitrogens with one attached hydrogen (secondary N) is 2. The van der Waals surface area contributed by atoms with Crippen molar-refractivity contribution in [2.75, 3.05) is 13.7 Å². The molecule has 3 fully saturated rings. The molecule has 1 spiro atoms. The molecular weight excluding hydrogens is 460 g/mol. The summed E-state index contributed by atoms with van der Waals surface area (Å²) in [6, 6.07) is -0.00300. The summed E-state index contributed by atoms with van der Waals surface area (Å²) < 4.78 is 17.1. The number of methoxy groups -OCH3 is 1. The van der Waals surface area contributed by atoms with Gasteiger partial charge in [-0.15, -0.1) is 0 Å². The minimum Gasteiger partial charge on any atom is -0.469 e. The molecule has 0 radical (unpaired) electrons. The van der Waals surface area contributed by atoms with Crippen LogP contribution in [0.2, 0.25) is 0 Å². The Balaban J connectivity index is 1.52. The van der Waals surface area contributed by atoms with Crippen LogP contribution in [0.4, 0.5) is 0 Å². The van der Waals surface area contributed by atoms with Gasteiger partial charge in [-0.25, -0.2) is 0 Å². The van der Waals surface area contributed by atoms with Crippen molar-refractivity contribution in [1.82, 2.24) is 10.6 Å². The maximum absolute atomic E-state index is 12.2. The number of hydrogen-bond acceptors (Lipinski definition) is 7. The lowest BCUT2D eigenvalue weighted by molar-refractivity contribution is -0.152. The lowest BCUT2D eigenvalue weighted by atomic mass is 9.86. The molecule has 3 rings (SSSR count). The van der Waals surface area contributed by atoms with Gasteiger partial charge in [-0.3, -0.25) is 9.59 Å². The van der Waals surface area contributed by atoms with E-state index in [-0.39, 0.29) is 48.2 Å². The van der Waals surface area contributed by atoms with Gasteiger partial charge in [0.25, 0.3) is 0 Å². The van der Waals surface area contributed by atoms with E-state index in [1.807, 2.05) is 45.9 Å². The van der Waals surface area contributed by atoms with Gasteiger partial charge < -0.3 is 30.0 Å². The Labute approximate surface area is 215 Å². The van der Waals surface area contributed by atoms with Crippen LogP contribution in [0.15, 0.2) is 36.0 Å². The summed E-state index contributed by atoms with van der Waals surface area (Å²) in [5.41, 5.74) is 0.679. The first kappa shape index (κ1) is 28.6. The largest absolute Gasteiger partial charge is 0.469 e. The van der Waals surface area contributed by atoms with Gasteiger partial charge in [-0.2, -0.15) is 0 Å². The van der Waals surface area contributed by atoms with Crippen LogP contribution in [0.5, 0.6) is 0 Å². The predicted molar refractivity (Wildman–Crippen MR) is 138 cm³/mol. The van der Waals surface area contributed by atoms with Crippen LogP contribution in [0.3, 0.4) is 0 Å². The first-order valence-electron chi connectivity index (χ1n) is 13.2. The predicted octanol–water partition coefficient (Wildman–Crippen LogP) is 2.81. The third-order valence-corrected chi connectivity index (χ3v) is 7.47. The number of hydrogen-bond donors (Lipinski definition) is 3. The van der Waals surface area contributed by atoms with Gasteiger partial charge in [0.2, 0.25) is 5.91 Å². The molecule has 0 unspecified atom stereocenters. The number of esters is 1. The first-order chi connectivity index (χ1) is 17.0. The molecule has 0 aromatic rings. The molecule has 3 aliphatic rings. The van der Waals surface area contributed by atoms with Crippen LogP contribution < -0.4 is 10.6 Å². The Morgan fingerprint density at radius 1 is 1.25 bits per heavy atom. The van der Waals surface area contributed by atoms with Crippen molar-refractivity contribution < 1.29 is 28.9 Å². The molecule has 0 aromatic carbocycles. The standard InChI is InChI=1S/C28H44N2O6/c1-17(2)7-12-25(31)30-22-13-19(4)23(35-20(22)5)10-8-18(3)9-11-24-27(33)28(16-29-28)15-21(36-24)14-26(32)34-6/h7-9,11-12,17,19-24,27,29,33H,10,13-16H2,1-6H3,(H,30,31)/b11-9+,12-7-,18-8+/t19-,20+,21+,22+,23-,24+,27+,28+/m0/s1. The quantitative estimate of drug-likeness (QED) is 0.191. The summed E-state index contributed by atoms with van der Waals surface area (Å²) in [7, 11) is 1.37. The molecule has 36 heavy (non-hydrogen) atoms. The highest BCUT2D eigenvalue weighted by Gasteiger charge is 2.56. The fraction of sp³-hybridized carbons (Fsp3) is 0.714. The summed E-state index contributed by atoms with van der Waals surface area (Å²) >= 11 is 0. The van der Waals surface area contributed by atoms with E-state index in [0.29, 0.717) is 18.3 Å². The average molecular weight is 505 g/mol. The van der Waals surface area contributed by atoms with E-state index >= 15 is 0 Å². The minimum atomic E-state index is -0.666. The van der Waals surface area contributed by atoms with Gasteiger partial charge >= 0.3 is 5.97 Å². The van der Waals surface area contributed by atoms with E-state index in [2.05, 4.69) is 23.6 Å². The monoisotopic (exact) mass is 504 g/mol. The first-order valence-corrected chi connectivity index (χ1v) is 13.2. The number of aliphatic hydroxyl groups excluding tert-OH is 1. The van der Waals surface area contributed by atoms with Gasteiger partial charge in [-0.05, 0) is 51.0 Å². The maximum atomic E-state index is 12.2. The van der Waals surface area contributed by atoms with Gasteiger partial charge in [0.05, 0.1) is 43.4 Å². The minimum absolute atomic E-state index is 0.00300. The molecule has 8 heteroatoms. The number of allylic oxidation sites excluding steroid dienone is 3. The van der Waals surface area contributed by atoms with Crippen LogP contribution in [0.25, 0.3) is 0 Å². The van der Waals surface area contributed by atoms with Crippen LogP contribution in [0, 0.1) is 11.8 Å². The molecular formula is C28H44N2O6. The second-order valence-electron chi connectivity index (χ2n) is 11.0. The van der Waals surface area contributed by atoms with E-state index < -0.39 is 12.2 Å². The topological polar surface area (TPSA) is 116 Å². The molecule has 0 aromatic heterocycles. The Hall–Kier alpha value is -2.00. The number of ether oxygens (including phenoxy) is 3. The molecule has 3 N–H and O–H groups in total. The third kappa shape index (κ3) is 7.75. The van der Waals surface area contributed by atoms with Crippen LogP contribution in [0.1, 0.15) is 60.3 Å². The van der Waals surface area contributed by atoms with E-state index in [9.17, 15) is 14.7 Å². The number of aliphatic hydroxyl groups is 1. The van der Waals surface area contributed by atoms with Crippen molar-refractivity contribution in [2.24, 2.45) is 11.8 Å². The second kappa shape index (κ2) is 12.5. The molecule has 3 aliphatic heterocycles. The van der Waals surface area contributed by atoms with Crippen molar-refractivity contribution in [2.45, 2.75) is 102 Å². The third-order valence-electron chi connectivity index (χ3n) is 7.47. The lowest BCUT2D eigenvalue weighted by Crippen LogP contribution is -2.51. The summed E-state index contributed by atoms with van der Waals surface area (Å²) in [6.45, 7) is 11.0. The highest BCUT2D eigenvalue weighted by atomic mass is 16.5. The highest BCUT2D eigenvalue weighted by Crippen LogP contribution is 2.38. The zero-order chi connectivity index (χ0) is 26.5. The summed E-state index contributed by atoms with van der Waals surface area (Å²) in [6.07, 6.45) is 10.4. The normalized spacial score (nSPS) is 37.1. The summed E-state index contributed by atoms with van der Waals surface area (Å²) in [5, 5.41) is 17.1. The second-order valence-corrected chi connectivity index (χ2v) is 11.0. The molecule has 3 heterocycles. The molecule has 1 amide bonds. The van der Waals surface area contributed by atoms with Crippen molar-refractivity contribution >= 4 is 11.9 Å². The maximum Gasteiger partial charge on any atom is 0.308 e. The number of carbonyl (C=O) groups excluding carboxylic acids is 2. The van der Waals surface area contributed by atoms with E-state index in [1.54, 1.807) is 6.08 Å². The van der Waals surface area contributed by atoms with E-state index in [0.717, 1.165) is 25.0 Å². The van der Waals surface area contributed by atoms with Gasteiger partial charge in [0.1, 0.15) is 12.2 Å². The zero-order valence-electron chi connectivity index (χ0n) is 22.5. The van der Waals surface area contributed by atoms with Crippen molar-refractivity contribution in [3.8, 4) is 0 Å². The van der Waals surface area contributed by atoms with Crippen LogP contribution >= 0.6 is 0 Å². The SMILES string of the molecule is COC(=O)C[C@@H]1C[C@@]2(CN2)[C@H](O)[C@@H](/C=C/C(C)=C/C[C@@H]2O[C@H](C)[C@H](NC(=O)/C=C\C(C)C)C[C@@H]2C)O1. The van der Waals surface area contributed by atoms with Crippen LogP contribution in [-0.4, -0.2) is 72.7 Å². The van der Waals surface area contributed by atoms with Gasteiger partial charge in [-0.1, -0.05) is 50.6 Å². The van der Waals surface area contributed by atoms with E-state index in [4.69, 9.17) is 14.2 Å². The molecule has 8 nitrogen and oxygen atoms in total. The van der Waals surface area contributed by atoms with Crippen LogP contribution in [-0.2, 0) is 23.8 Å². The van der Waals surface area contributed by atoms with Gasteiger partial charge in [0, 0.05) is 6.54 Å². The van der Waals surface area contributed by atoms with Crippen molar-refractivity contribution in [3.63, 3.8) is 0 Å². The highest BCUT2D eigenvalue weighted by molar-refractivity contribution is 5.87. The van der Waals surface area contributed by atoms with Crippen molar-refractivity contribution in [3.05, 3.63) is 36.0 Å². The van der Waals surface area contributed by atoms with E-state index in [1.165, 1.54) is 7.11 Å². The summed E-state index contributed by atoms with van der Waals surface area (Å²) in [5.74, 6) is 0.260.